The molecule has 6 atom stereocenters. The van der Waals surface area contributed by atoms with Crippen molar-refractivity contribution < 1.29 is 38.9 Å². The van der Waals surface area contributed by atoms with E-state index in [0.29, 0.717) is 35.2 Å². The number of ether oxygens (including phenoxy) is 1. The molecule has 4 aliphatic rings. The second-order valence-electron chi connectivity index (χ2n) is 11.9. The fourth-order valence-corrected chi connectivity index (χ4v) is 7.43. The van der Waals surface area contributed by atoms with Crippen LogP contribution >= 0.6 is 0 Å². The number of aromatic hydroxyl groups is 1. The van der Waals surface area contributed by atoms with Crippen LogP contribution < -0.4 is 10.5 Å². The lowest BCUT2D eigenvalue weighted by atomic mass is 9.52. The molecule has 3 fully saturated rings. The second kappa shape index (κ2) is 9.71. The van der Waals surface area contributed by atoms with E-state index in [1.54, 1.807) is 32.3 Å². The van der Waals surface area contributed by atoms with Gasteiger partial charge in [0.15, 0.2) is 34.7 Å². The van der Waals surface area contributed by atoms with Gasteiger partial charge in [0.2, 0.25) is 5.91 Å². The van der Waals surface area contributed by atoms with E-state index < -0.39 is 64.4 Å². The van der Waals surface area contributed by atoms with Crippen molar-refractivity contribution in [3.8, 4) is 11.5 Å². The maximum atomic E-state index is 14.1. The highest BCUT2D eigenvalue weighted by Crippen LogP contribution is 2.53. The number of nitrogens with two attached hydrogens (primary N) is 1. The largest absolute Gasteiger partial charge is 0.507 e. The van der Waals surface area contributed by atoms with Crippen molar-refractivity contribution >= 4 is 39.8 Å². The van der Waals surface area contributed by atoms with Crippen LogP contribution in [-0.4, -0.2) is 101 Å². The molecule has 1 aliphatic heterocycles. The third-order valence-corrected chi connectivity index (χ3v) is 9.50. The lowest BCUT2D eigenvalue weighted by Crippen LogP contribution is -2.74. The van der Waals surface area contributed by atoms with Crippen LogP contribution in [0.25, 0.3) is 10.8 Å². The Kier molecular flexibility index (Phi) is 6.51. The number of ketones is 4. The monoisotopic (exact) mass is 563 g/mol. The van der Waals surface area contributed by atoms with E-state index in [-0.39, 0.29) is 24.2 Å². The normalized spacial score (nSPS) is 31.5. The quantitative estimate of drug-likeness (QED) is 0.410. The third kappa shape index (κ3) is 3.86. The Hall–Kier alpha value is -3.67. The van der Waals surface area contributed by atoms with Gasteiger partial charge in [-0.05, 0) is 52.4 Å². The molecule has 1 heterocycles. The molecule has 1 amide bonds. The van der Waals surface area contributed by atoms with Crippen LogP contribution in [0.4, 0.5) is 0 Å². The molecule has 11 heteroatoms. The van der Waals surface area contributed by atoms with Crippen molar-refractivity contribution in [1.82, 2.24) is 9.80 Å². The Morgan fingerprint density at radius 3 is 2.41 bits per heavy atom. The molecule has 0 aromatic heterocycles. The molecule has 3 aliphatic carbocycles. The van der Waals surface area contributed by atoms with Crippen molar-refractivity contribution in [2.75, 3.05) is 40.3 Å². The van der Waals surface area contributed by atoms with Gasteiger partial charge in [0.25, 0.3) is 0 Å². The molecule has 0 radical (unpaired) electrons. The average Bonchev–Trinajstić information content (AvgIpc) is 2.88. The summed E-state index contributed by atoms with van der Waals surface area (Å²) < 4.78 is 6.29. The average molecular weight is 564 g/mol. The van der Waals surface area contributed by atoms with E-state index in [4.69, 9.17) is 10.5 Å². The van der Waals surface area contributed by atoms with Crippen LogP contribution in [0.1, 0.15) is 28.8 Å². The number of carbonyl (C=O) groups is 5. The highest BCUT2D eigenvalue weighted by Gasteiger charge is 2.69. The molecule has 2 aromatic carbocycles. The fraction of sp³-hybridized carbons (Fsp3) is 0.500. The van der Waals surface area contributed by atoms with Gasteiger partial charge in [0.05, 0.1) is 17.5 Å². The van der Waals surface area contributed by atoms with E-state index in [0.717, 1.165) is 19.5 Å². The summed E-state index contributed by atoms with van der Waals surface area (Å²) in [7, 11) is 3.12. The van der Waals surface area contributed by atoms with Gasteiger partial charge in [0, 0.05) is 28.8 Å². The minimum atomic E-state index is -2.75. The highest BCUT2D eigenvalue weighted by molar-refractivity contribution is 6.32. The van der Waals surface area contributed by atoms with Gasteiger partial charge in [-0.2, -0.15) is 0 Å². The first-order chi connectivity index (χ1) is 19.5. The van der Waals surface area contributed by atoms with E-state index in [1.165, 1.54) is 4.90 Å². The number of hydrogen-bond donors (Lipinski definition) is 3. The number of phenolic OH excluding ortho intramolecular Hbond substituents is 1. The fourth-order valence-electron chi connectivity index (χ4n) is 7.43. The second-order valence-corrected chi connectivity index (χ2v) is 11.9. The number of amides is 1. The van der Waals surface area contributed by atoms with Gasteiger partial charge in [-0.3, -0.25) is 33.8 Å². The number of likely N-dealkylation sites (N-methyl/N-ethyl adjacent to an activating group) is 1. The zero-order valence-electron chi connectivity index (χ0n) is 23.0. The Bertz CT molecular complexity index is 1510. The number of aliphatic hydroxyl groups is 1. The number of nitrogens with zero attached hydrogens (tertiary/aromatic N) is 2. The molecular weight excluding hydrogens is 530 g/mol. The minimum Gasteiger partial charge on any atom is -0.507 e. The van der Waals surface area contributed by atoms with Gasteiger partial charge in [0.1, 0.15) is 18.1 Å². The van der Waals surface area contributed by atoms with Gasteiger partial charge >= 0.3 is 0 Å². The topological polar surface area (TPSA) is 168 Å². The third-order valence-electron chi connectivity index (χ3n) is 9.50. The van der Waals surface area contributed by atoms with E-state index in [1.807, 2.05) is 6.07 Å². The summed E-state index contributed by atoms with van der Waals surface area (Å²) in [4.78, 5) is 70.7. The Labute approximate surface area is 236 Å². The SMILES string of the molecule is CN(C)[C@@H]1C(=O)C(C(N)=O)C(=O)[C@@]2(O)C(=O)C3C(=O)c4c(c(OCCN5CCC5)c5ccccc5c4O)C[C@H]3C[C@@H]12. The summed E-state index contributed by atoms with van der Waals surface area (Å²) >= 11 is 0. The van der Waals surface area contributed by atoms with Crippen LogP contribution in [0.2, 0.25) is 0 Å². The van der Waals surface area contributed by atoms with Crippen LogP contribution in [-0.2, 0) is 25.6 Å². The predicted molar refractivity (Wildman–Crippen MR) is 145 cm³/mol. The standard InChI is InChI=1S/C30H33N3O8/c1-32(2)22-18-13-14-12-17-20(24(35)19(14)27(37)30(18,40)28(38)21(25(22)36)29(31)39)23(34)15-6-3-4-7-16(15)26(17)41-11-10-33-8-5-9-33/h3-4,6-7,14,18-19,21-22,34,40H,5,8-13H2,1-2H3,(H2,31,39)/t14-,18-,19?,21?,22-,30-/m0/s1. The molecule has 11 nitrogen and oxygen atoms in total. The van der Waals surface area contributed by atoms with E-state index in [2.05, 4.69) is 4.90 Å². The number of hydrogen-bond acceptors (Lipinski definition) is 10. The lowest BCUT2D eigenvalue weighted by Gasteiger charge is -2.52. The van der Waals surface area contributed by atoms with Gasteiger partial charge in [-0.15, -0.1) is 0 Å². The van der Waals surface area contributed by atoms with Gasteiger partial charge < -0.3 is 20.7 Å². The molecule has 2 aromatic rings. The van der Waals surface area contributed by atoms with Gasteiger partial charge in [-0.25, -0.2) is 0 Å². The summed E-state index contributed by atoms with van der Waals surface area (Å²) in [5.74, 6) is -10.2. The summed E-state index contributed by atoms with van der Waals surface area (Å²) in [5, 5.41) is 24.1. The molecule has 2 saturated carbocycles. The molecule has 4 N–H and O–H groups in total. The first kappa shape index (κ1) is 27.5. The maximum Gasteiger partial charge on any atom is 0.235 e. The number of benzene rings is 2. The van der Waals surface area contributed by atoms with Crippen molar-refractivity contribution in [3.05, 3.63) is 35.4 Å². The summed E-state index contributed by atoms with van der Waals surface area (Å²) in [6, 6.07) is 5.85. The van der Waals surface area contributed by atoms with Gasteiger partial charge in [-0.1, -0.05) is 24.3 Å². The van der Waals surface area contributed by atoms with Crippen LogP contribution in [0.15, 0.2) is 24.3 Å². The molecule has 216 valence electrons. The Morgan fingerprint density at radius 2 is 1.80 bits per heavy atom. The summed E-state index contributed by atoms with van der Waals surface area (Å²) in [6.07, 6.45) is 1.28. The van der Waals surface area contributed by atoms with Crippen molar-refractivity contribution in [1.29, 1.82) is 0 Å². The molecule has 41 heavy (non-hydrogen) atoms. The smallest absolute Gasteiger partial charge is 0.235 e. The van der Waals surface area contributed by atoms with E-state index in [9.17, 15) is 34.2 Å². The zero-order valence-corrected chi connectivity index (χ0v) is 23.0. The predicted octanol–water partition coefficient (Wildman–Crippen LogP) is 0.105. The molecule has 0 spiro atoms. The van der Waals surface area contributed by atoms with Crippen LogP contribution in [0, 0.1) is 23.7 Å². The minimum absolute atomic E-state index is 0.00922. The number of carbonyl (C=O) groups excluding carboxylic acids is 5. The zero-order chi connectivity index (χ0) is 29.4. The van der Waals surface area contributed by atoms with Crippen LogP contribution in [0.3, 0.4) is 0 Å². The number of primary amides is 1. The van der Waals surface area contributed by atoms with Crippen LogP contribution in [0.5, 0.6) is 11.5 Å². The van der Waals surface area contributed by atoms with Crippen molar-refractivity contribution in [2.45, 2.75) is 30.9 Å². The molecule has 2 unspecified atom stereocenters. The number of likely N-dealkylation sites (tertiary alicyclic amines) is 1. The number of phenols is 1. The Balaban J connectivity index is 1.46. The van der Waals surface area contributed by atoms with Crippen molar-refractivity contribution in [3.63, 3.8) is 0 Å². The molecule has 1 saturated heterocycles. The lowest BCUT2D eigenvalue weighted by molar-refractivity contribution is -0.181. The summed E-state index contributed by atoms with van der Waals surface area (Å²) in [5.41, 5.74) is 3.04. The molecule has 6 rings (SSSR count). The van der Waals surface area contributed by atoms with Crippen molar-refractivity contribution in [2.24, 2.45) is 29.4 Å². The maximum absolute atomic E-state index is 14.1. The molecule has 0 bridgehead atoms. The first-order valence-corrected chi connectivity index (χ1v) is 13.9. The highest BCUT2D eigenvalue weighted by atomic mass is 16.5. The number of Topliss-reactive ketones (excluding diaryl/α,β-unsaturated/α-hetero) is 4. The summed E-state index contributed by atoms with van der Waals surface area (Å²) in [6.45, 7) is 3.05. The first-order valence-electron chi connectivity index (χ1n) is 13.9. The Morgan fingerprint density at radius 1 is 1.12 bits per heavy atom. The molecular formula is C30H33N3O8. The number of fused-ring (bicyclic) bond motifs is 4. The number of rotatable bonds is 6. The van der Waals surface area contributed by atoms with E-state index >= 15 is 0 Å².